The summed E-state index contributed by atoms with van der Waals surface area (Å²) >= 11 is 0. The summed E-state index contributed by atoms with van der Waals surface area (Å²) in [7, 11) is 0. The number of benzene rings is 1. The first kappa shape index (κ1) is 22.6. The van der Waals surface area contributed by atoms with E-state index < -0.39 is 36.2 Å². The molecular formula is C23H33NO7. The average Bonchev–Trinajstić information content (AvgIpc) is 3.29. The molecule has 1 aromatic carbocycles. The summed E-state index contributed by atoms with van der Waals surface area (Å²) in [6, 6.07) is 9.56. The van der Waals surface area contributed by atoms with Gasteiger partial charge >= 0.3 is 0 Å². The monoisotopic (exact) mass is 435 g/mol. The van der Waals surface area contributed by atoms with Crippen molar-refractivity contribution >= 4 is 11.6 Å². The second-order valence-electron chi connectivity index (χ2n) is 9.41. The van der Waals surface area contributed by atoms with Gasteiger partial charge in [-0.05, 0) is 53.7 Å². The summed E-state index contributed by atoms with van der Waals surface area (Å²) in [4.78, 5) is 14.9. The molecule has 3 fully saturated rings. The standard InChI is InChI=1S/C23H33NO7/c1-14(2)24(15-10-8-7-9-11-15)17(25)13-26-19-18(16-12-27-22(3,4)29-16)28-21-20(19)30-23(5,6)31-21/h7-11,14,16,18-21H,12-13H2,1-6H3/t16?,18-,19?,20?,21?/m1/s1. The zero-order valence-corrected chi connectivity index (χ0v) is 19.1. The van der Waals surface area contributed by atoms with Crippen LogP contribution >= 0.6 is 0 Å². The number of anilines is 1. The summed E-state index contributed by atoms with van der Waals surface area (Å²) in [6.07, 6.45) is -2.37. The Morgan fingerprint density at radius 2 is 1.77 bits per heavy atom. The summed E-state index contributed by atoms with van der Waals surface area (Å²) in [5, 5.41) is 0. The fourth-order valence-electron chi connectivity index (χ4n) is 4.43. The van der Waals surface area contributed by atoms with Crippen LogP contribution in [0.2, 0.25) is 0 Å². The first-order chi connectivity index (χ1) is 14.6. The van der Waals surface area contributed by atoms with Gasteiger partial charge in [-0.1, -0.05) is 18.2 Å². The number of carbonyl (C=O) groups is 1. The van der Waals surface area contributed by atoms with Crippen LogP contribution in [0.25, 0.3) is 0 Å². The number of amides is 1. The SMILES string of the molecule is CC(C)N(C(=O)COC1C2OC(C)(C)OC2O[C@@H]1C1COC(C)(C)O1)c1ccccc1. The van der Waals surface area contributed by atoms with Crippen molar-refractivity contribution in [2.45, 2.75) is 89.9 Å². The molecule has 3 aliphatic rings. The third-order valence-corrected chi connectivity index (χ3v) is 5.64. The van der Waals surface area contributed by atoms with Crippen molar-refractivity contribution in [1.82, 2.24) is 0 Å². The molecule has 8 nitrogen and oxygen atoms in total. The highest BCUT2D eigenvalue weighted by atomic mass is 16.8. The Morgan fingerprint density at radius 1 is 1.06 bits per heavy atom. The van der Waals surface area contributed by atoms with Gasteiger partial charge in [0.1, 0.15) is 31.0 Å². The normalized spacial score (nSPS) is 33.6. The molecule has 3 heterocycles. The van der Waals surface area contributed by atoms with E-state index in [9.17, 15) is 4.79 Å². The van der Waals surface area contributed by atoms with Crippen LogP contribution in [0.1, 0.15) is 41.5 Å². The predicted molar refractivity (Wildman–Crippen MR) is 112 cm³/mol. The van der Waals surface area contributed by atoms with Crippen LogP contribution in [0.4, 0.5) is 5.69 Å². The van der Waals surface area contributed by atoms with Crippen LogP contribution in [0.5, 0.6) is 0 Å². The molecular weight excluding hydrogens is 402 g/mol. The third kappa shape index (κ3) is 4.79. The second-order valence-corrected chi connectivity index (χ2v) is 9.41. The van der Waals surface area contributed by atoms with Gasteiger partial charge in [-0.15, -0.1) is 0 Å². The molecule has 8 heteroatoms. The van der Waals surface area contributed by atoms with E-state index in [0.717, 1.165) is 5.69 Å². The van der Waals surface area contributed by atoms with Crippen molar-refractivity contribution in [2.24, 2.45) is 0 Å². The van der Waals surface area contributed by atoms with Crippen molar-refractivity contribution in [3.8, 4) is 0 Å². The lowest BCUT2D eigenvalue weighted by molar-refractivity contribution is -0.235. The maximum Gasteiger partial charge on any atom is 0.253 e. The Hall–Kier alpha value is -1.55. The van der Waals surface area contributed by atoms with E-state index in [0.29, 0.717) is 6.61 Å². The number of nitrogens with zero attached hydrogens (tertiary/aromatic N) is 1. The van der Waals surface area contributed by atoms with E-state index >= 15 is 0 Å². The van der Waals surface area contributed by atoms with E-state index in [1.54, 1.807) is 4.90 Å². The largest absolute Gasteiger partial charge is 0.363 e. The second kappa shape index (κ2) is 8.42. The molecule has 1 aromatic rings. The van der Waals surface area contributed by atoms with E-state index in [1.807, 2.05) is 71.9 Å². The highest BCUT2D eigenvalue weighted by Crippen LogP contribution is 2.42. The summed E-state index contributed by atoms with van der Waals surface area (Å²) < 4.78 is 36.0. The zero-order valence-electron chi connectivity index (χ0n) is 19.1. The van der Waals surface area contributed by atoms with Crippen LogP contribution in [-0.4, -0.2) is 67.4 Å². The zero-order chi connectivity index (χ0) is 22.4. The number of para-hydroxylation sites is 1. The average molecular weight is 436 g/mol. The maximum atomic E-state index is 13.1. The molecule has 0 saturated carbocycles. The highest BCUT2D eigenvalue weighted by molar-refractivity contribution is 5.94. The molecule has 31 heavy (non-hydrogen) atoms. The molecule has 0 aliphatic carbocycles. The van der Waals surface area contributed by atoms with Gasteiger partial charge in [-0.2, -0.15) is 0 Å². The topological polar surface area (TPSA) is 75.7 Å². The number of rotatable bonds is 6. The van der Waals surface area contributed by atoms with Crippen molar-refractivity contribution in [3.63, 3.8) is 0 Å². The van der Waals surface area contributed by atoms with E-state index in [1.165, 1.54) is 0 Å². The molecule has 5 atom stereocenters. The molecule has 0 spiro atoms. The first-order valence-corrected chi connectivity index (χ1v) is 10.9. The lowest BCUT2D eigenvalue weighted by atomic mass is 10.1. The van der Waals surface area contributed by atoms with Crippen LogP contribution in [0.15, 0.2) is 30.3 Å². The van der Waals surface area contributed by atoms with Crippen LogP contribution < -0.4 is 4.90 Å². The Kier molecular flexibility index (Phi) is 6.15. The molecule has 0 radical (unpaired) electrons. The van der Waals surface area contributed by atoms with Crippen molar-refractivity contribution in [3.05, 3.63) is 30.3 Å². The Labute approximate surface area is 183 Å². The molecule has 0 N–H and O–H groups in total. The van der Waals surface area contributed by atoms with Gasteiger partial charge in [0.15, 0.2) is 17.9 Å². The molecule has 4 rings (SSSR count). The molecule has 172 valence electrons. The Morgan fingerprint density at radius 3 is 2.39 bits per heavy atom. The van der Waals surface area contributed by atoms with E-state index in [4.69, 9.17) is 28.4 Å². The number of hydrogen-bond acceptors (Lipinski definition) is 7. The molecule has 4 unspecified atom stereocenters. The fourth-order valence-corrected chi connectivity index (χ4v) is 4.43. The number of hydrogen-bond donors (Lipinski definition) is 0. The van der Waals surface area contributed by atoms with Gasteiger partial charge in [0.2, 0.25) is 0 Å². The van der Waals surface area contributed by atoms with Crippen molar-refractivity contribution < 1.29 is 33.2 Å². The van der Waals surface area contributed by atoms with Crippen LogP contribution in [0.3, 0.4) is 0 Å². The maximum absolute atomic E-state index is 13.1. The van der Waals surface area contributed by atoms with Gasteiger partial charge < -0.3 is 33.3 Å². The summed E-state index contributed by atoms with van der Waals surface area (Å²) in [5.41, 5.74) is 0.832. The van der Waals surface area contributed by atoms with E-state index in [-0.39, 0.29) is 24.7 Å². The van der Waals surface area contributed by atoms with Gasteiger partial charge in [0.25, 0.3) is 5.91 Å². The third-order valence-electron chi connectivity index (χ3n) is 5.64. The van der Waals surface area contributed by atoms with Crippen molar-refractivity contribution in [2.75, 3.05) is 18.1 Å². The number of carbonyl (C=O) groups excluding carboxylic acids is 1. The highest BCUT2D eigenvalue weighted by Gasteiger charge is 2.59. The van der Waals surface area contributed by atoms with Crippen molar-refractivity contribution in [1.29, 1.82) is 0 Å². The Balaban J connectivity index is 1.49. The fraction of sp³-hybridized carbons (Fsp3) is 0.696. The minimum Gasteiger partial charge on any atom is -0.363 e. The first-order valence-electron chi connectivity index (χ1n) is 10.9. The van der Waals surface area contributed by atoms with Gasteiger partial charge in [0.05, 0.1) is 6.61 Å². The molecule has 3 saturated heterocycles. The van der Waals surface area contributed by atoms with Gasteiger partial charge in [-0.25, -0.2) is 0 Å². The summed E-state index contributed by atoms with van der Waals surface area (Å²) in [5.74, 6) is -1.62. The molecule has 0 bridgehead atoms. The lowest BCUT2D eigenvalue weighted by Gasteiger charge is -2.30. The van der Waals surface area contributed by atoms with E-state index in [2.05, 4.69) is 0 Å². The van der Waals surface area contributed by atoms with Gasteiger partial charge in [0, 0.05) is 11.7 Å². The van der Waals surface area contributed by atoms with Gasteiger partial charge in [-0.3, -0.25) is 4.79 Å². The number of ether oxygens (including phenoxy) is 6. The Bertz CT molecular complexity index is 781. The van der Waals surface area contributed by atoms with Crippen LogP contribution in [0, 0.1) is 0 Å². The molecule has 3 aliphatic heterocycles. The smallest absolute Gasteiger partial charge is 0.253 e. The number of fused-ring (bicyclic) bond motifs is 1. The summed E-state index contributed by atoms with van der Waals surface area (Å²) in [6.45, 7) is 11.6. The minimum atomic E-state index is -0.785. The lowest BCUT2D eigenvalue weighted by Crippen LogP contribution is -2.46. The van der Waals surface area contributed by atoms with Crippen LogP contribution in [-0.2, 0) is 33.2 Å². The molecule has 1 amide bonds. The minimum absolute atomic E-state index is 0.0146. The predicted octanol–water partition coefficient (Wildman–Crippen LogP) is 2.84. The quantitative estimate of drug-likeness (QED) is 0.680. The molecule has 0 aromatic heterocycles.